The summed E-state index contributed by atoms with van der Waals surface area (Å²) in [4.78, 5) is 12.5. The monoisotopic (exact) mass is 350 g/mol. The lowest BCUT2D eigenvalue weighted by atomic mass is 9.99. The number of carbonyl (C=O) groups is 1. The molecule has 0 spiro atoms. The molecule has 136 valence electrons. The molecule has 24 heavy (non-hydrogen) atoms. The van der Waals surface area contributed by atoms with Crippen molar-refractivity contribution < 1.29 is 13.6 Å². The molecule has 0 saturated carbocycles. The van der Waals surface area contributed by atoms with Gasteiger partial charge in [0.15, 0.2) is 0 Å². The maximum absolute atomic E-state index is 12.5. The largest absolute Gasteiger partial charge is 0.389 e. The van der Waals surface area contributed by atoms with Gasteiger partial charge < -0.3 is 8.85 Å². The van der Waals surface area contributed by atoms with E-state index in [9.17, 15) is 4.79 Å². The molecule has 0 fully saturated rings. The molecule has 2 bridgehead atoms. The molecule has 0 radical (unpaired) electrons. The van der Waals surface area contributed by atoms with Gasteiger partial charge in [0, 0.05) is 22.9 Å². The van der Waals surface area contributed by atoms with Gasteiger partial charge in [-0.15, -0.1) is 0 Å². The Bertz CT molecular complexity index is 532. The van der Waals surface area contributed by atoms with Crippen molar-refractivity contribution in [2.45, 2.75) is 90.3 Å². The van der Waals surface area contributed by atoms with E-state index in [0.29, 0.717) is 19.4 Å². The third-order valence-corrected chi connectivity index (χ3v) is 10.2. The Morgan fingerprint density at radius 1 is 1.12 bits per heavy atom. The van der Waals surface area contributed by atoms with Crippen LogP contribution in [0.1, 0.15) is 74.1 Å². The molecule has 2 aliphatic rings. The zero-order chi connectivity index (χ0) is 18.2. The van der Waals surface area contributed by atoms with Crippen molar-refractivity contribution in [1.29, 1.82) is 0 Å². The number of Topliss-reactive ketones (excluding diaryl/α,β-unsaturated/α-hetero) is 1. The molecule has 3 nitrogen and oxygen atoms in total. The molecular formula is C20H34O3Si. The molecule has 1 aliphatic heterocycles. The van der Waals surface area contributed by atoms with E-state index in [2.05, 4.69) is 60.6 Å². The van der Waals surface area contributed by atoms with Gasteiger partial charge in [0.2, 0.25) is 0 Å². The summed E-state index contributed by atoms with van der Waals surface area (Å²) in [5, 5.41) is -0.131. The first kappa shape index (κ1) is 19.6. The SMILES string of the molecule is CC1=CCCC2=CC(CC(=O)C1)O[Si](C(C)(C)C)(C(C)(C)C)OC2. The van der Waals surface area contributed by atoms with Crippen molar-refractivity contribution in [3.05, 3.63) is 23.3 Å². The number of hydrogen-bond donors (Lipinski definition) is 0. The second kappa shape index (κ2) is 6.89. The number of hydrogen-bond acceptors (Lipinski definition) is 3. The van der Waals surface area contributed by atoms with Crippen molar-refractivity contribution in [2.75, 3.05) is 6.61 Å². The van der Waals surface area contributed by atoms with Crippen molar-refractivity contribution >= 4 is 14.3 Å². The summed E-state index contributed by atoms with van der Waals surface area (Å²) in [7, 11) is -2.57. The van der Waals surface area contributed by atoms with E-state index in [1.165, 1.54) is 11.1 Å². The Morgan fingerprint density at radius 2 is 1.75 bits per heavy atom. The summed E-state index contributed by atoms with van der Waals surface area (Å²) < 4.78 is 13.3. The lowest BCUT2D eigenvalue weighted by Gasteiger charge is -2.49. The van der Waals surface area contributed by atoms with Crippen molar-refractivity contribution in [1.82, 2.24) is 0 Å². The van der Waals surface area contributed by atoms with Crippen LogP contribution < -0.4 is 0 Å². The van der Waals surface area contributed by atoms with Crippen LogP contribution in [0.2, 0.25) is 10.1 Å². The topological polar surface area (TPSA) is 35.5 Å². The quantitative estimate of drug-likeness (QED) is 0.430. The minimum atomic E-state index is -2.57. The molecule has 1 unspecified atom stereocenters. The minimum absolute atomic E-state index is 0.0653. The molecule has 0 aromatic heterocycles. The fraction of sp³-hybridized carbons (Fsp3) is 0.750. The summed E-state index contributed by atoms with van der Waals surface area (Å²) >= 11 is 0. The molecule has 0 amide bonds. The van der Waals surface area contributed by atoms with Gasteiger partial charge >= 0.3 is 8.56 Å². The van der Waals surface area contributed by atoms with Crippen LogP contribution in [0, 0.1) is 0 Å². The summed E-state index contributed by atoms with van der Waals surface area (Å²) in [6.45, 7) is 16.0. The zero-order valence-electron chi connectivity index (χ0n) is 16.5. The van der Waals surface area contributed by atoms with Gasteiger partial charge in [-0.05, 0) is 25.3 Å². The van der Waals surface area contributed by atoms with E-state index in [4.69, 9.17) is 8.85 Å². The number of allylic oxidation sites excluding steroid dienone is 2. The molecule has 0 aromatic rings. The van der Waals surface area contributed by atoms with E-state index < -0.39 is 8.56 Å². The average molecular weight is 351 g/mol. The van der Waals surface area contributed by atoms with Crippen LogP contribution in [0.25, 0.3) is 0 Å². The van der Waals surface area contributed by atoms with Crippen LogP contribution >= 0.6 is 0 Å². The molecule has 1 heterocycles. The summed E-state index contributed by atoms with van der Waals surface area (Å²) in [5.74, 6) is 0.263. The van der Waals surface area contributed by atoms with Crippen LogP contribution in [0.4, 0.5) is 0 Å². The fourth-order valence-corrected chi connectivity index (χ4v) is 9.00. The van der Waals surface area contributed by atoms with Gasteiger partial charge in [0.25, 0.3) is 0 Å². The Kier molecular flexibility index (Phi) is 5.63. The third-order valence-electron chi connectivity index (χ3n) is 5.04. The standard InChI is InChI=1S/C20H34O3Si/c1-15-9-8-10-16-12-18(13-17(21)11-15)23-24(22-14-16,19(2,3)4)20(5,6)7/h9,12,18H,8,10-11,13-14H2,1-7H3. The van der Waals surface area contributed by atoms with Gasteiger partial charge in [-0.1, -0.05) is 59.3 Å². The zero-order valence-corrected chi connectivity index (χ0v) is 17.5. The molecule has 0 aromatic carbocycles. The van der Waals surface area contributed by atoms with E-state index in [1.807, 2.05) is 0 Å². The van der Waals surface area contributed by atoms with E-state index in [0.717, 1.165) is 12.8 Å². The summed E-state index contributed by atoms with van der Waals surface area (Å²) in [6.07, 6.45) is 7.19. The highest BCUT2D eigenvalue weighted by Crippen LogP contribution is 2.53. The molecule has 0 N–H and O–H groups in total. The normalized spacial score (nSPS) is 26.3. The maximum Gasteiger partial charge on any atom is 0.350 e. The average Bonchev–Trinajstić information content (AvgIpc) is 2.56. The van der Waals surface area contributed by atoms with Gasteiger partial charge in [0.05, 0.1) is 12.7 Å². The predicted molar refractivity (Wildman–Crippen MR) is 101 cm³/mol. The number of rotatable bonds is 0. The van der Waals surface area contributed by atoms with Crippen LogP contribution in [-0.4, -0.2) is 27.1 Å². The third kappa shape index (κ3) is 4.09. The first-order valence-corrected chi connectivity index (χ1v) is 10.9. The van der Waals surface area contributed by atoms with Crippen LogP contribution in [-0.2, 0) is 13.6 Å². The highest BCUT2D eigenvalue weighted by Gasteiger charge is 2.59. The Hall–Kier alpha value is -0.713. The van der Waals surface area contributed by atoms with Crippen molar-refractivity contribution in [3.8, 4) is 0 Å². The molecule has 2 rings (SSSR count). The number of fused-ring (bicyclic) bond motifs is 1. The van der Waals surface area contributed by atoms with Crippen LogP contribution in [0.5, 0.6) is 0 Å². The maximum atomic E-state index is 12.5. The van der Waals surface area contributed by atoms with Crippen molar-refractivity contribution in [3.63, 3.8) is 0 Å². The smallest absolute Gasteiger partial charge is 0.350 e. The van der Waals surface area contributed by atoms with E-state index >= 15 is 0 Å². The second-order valence-electron chi connectivity index (χ2n) is 9.40. The van der Waals surface area contributed by atoms with Gasteiger partial charge in [0.1, 0.15) is 5.78 Å². The Labute approximate surface area is 148 Å². The van der Waals surface area contributed by atoms with Crippen molar-refractivity contribution in [2.24, 2.45) is 0 Å². The highest BCUT2D eigenvalue weighted by atomic mass is 28.4. The molecule has 1 atom stereocenters. The highest BCUT2D eigenvalue weighted by molar-refractivity contribution is 6.73. The molecule has 0 saturated heterocycles. The van der Waals surface area contributed by atoms with Gasteiger partial charge in [-0.25, -0.2) is 0 Å². The molecular weight excluding hydrogens is 316 g/mol. The van der Waals surface area contributed by atoms with Gasteiger partial charge in [-0.3, -0.25) is 4.79 Å². The lowest BCUT2D eigenvalue weighted by Crippen LogP contribution is -2.58. The van der Waals surface area contributed by atoms with Crippen LogP contribution in [0.15, 0.2) is 23.3 Å². The Morgan fingerprint density at radius 3 is 2.33 bits per heavy atom. The summed E-state index contributed by atoms with van der Waals surface area (Å²) in [5.41, 5.74) is 2.46. The first-order chi connectivity index (χ1) is 10.9. The summed E-state index contributed by atoms with van der Waals surface area (Å²) in [6, 6.07) is 0. The first-order valence-electron chi connectivity index (χ1n) is 9.13. The lowest BCUT2D eigenvalue weighted by molar-refractivity contribution is -0.119. The fourth-order valence-electron chi connectivity index (χ4n) is 4.14. The second-order valence-corrected chi connectivity index (χ2v) is 14.2. The van der Waals surface area contributed by atoms with E-state index in [-0.39, 0.29) is 22.0 Å². The number of carbonyl (C=O) groups excluding carboxylic acids is 1. The molecule has 1 aliphatic carbocycles. The Balaban J connectivity index is 2.40. The van der Waals surface area contributed by atoms with Crippen LogP contribution in [0.3, 0.4) is 0 Å². The van der Waals surface area contributed by atoms with Gasteiger partial charge in [-0.2, -0.15) is 0 Å². The predicted octanol–water partition coefficient (Wildman–Crippen LogP) is 5.46. The number of ketones is 1. The van der Waals surface area contributed by atoms with E-state index in [1.54, 1.807) is 0 Å². The minimum Gasteiger partial charge on any atom is -0.389 e. The molecule has 4 heteroatoms.